The summed E-state index contributed by atoms with van der Waals surface area (Å²) in [5.74, 6) is -0.399. The second kappa shape index (κ2) is 10.7. The van der Waals surface area contributed by atoms with E-state index in [1.165, 1.54) is 4.90 Å². The van der Waals surface area contributed by atoms with Crippen LogP contribution in [0.4, 0.5) is 0 Å². The quantitative estimate of drug-likeness (QED) is 0.777. The molecule has 1 rings (SSSR count). The van der Waals surface area contributed by atoms with Crippen LogP contribution in [0.1, 0.15) is 54.4 Å². The van der Waals surface area contributed by atoms with E-state index >= 15 is 0 Å². The molecular formula is C15H33N3O2. The molecule has 0 bridgehead atoms. The Kier molecular flexibility index (Phi) is 11.3. The van der Waals surface area contributed by atoms with Gasteiger partial charge in [-0.2, -0.15) is 0 Å². The van der Waals surface area contributed by atoms with E-state index in [0.717, 1.165) is 6.42 Å². The molecule has 1 aliphatic heterocycles. The van der Waals surface area contributed by atoms with Gasteiger partial charge in [-0.3, -0.25) is 9.59 Å². The molecule has 2 unspecified atom stereocenters. The topological polar surface area (TPSA) is 75.4 Å². The molecule has 0 aromatic carbocycles. The summed E-state index contributed by atoms with van der Waals surface area (Å²) >= 11 is 0. The summed E-state index contributed by atoms with van der Waals surface area (Å²) in [6, 6.07) is 0.250. The highest BCUT2D eigenvalue weighted by molar-refractivity contribution is 5.82. The summed E-state index contributed by atoms with van der Waals surface area (Å²) in [6.45, 7) is 13.5. The van der Waals surface area contributed by atoms with Gasteiger partial charge in [0.1, 0.15) is 6.04 Å². The standard InChI is InChI=1S/C7H17N.C6H10N2O2.C2H6/c1-6(8-5)7(2,3)4;7-6(10)5-2-1-3-8(5)4-9;1-2/h6,8H,1-5H3;4-5H,1-3H2,(H2,7,10);1-2H3. The number of likely N-dealkylation sites (tertiary alicyclic amines) is 1. The van der Waals surface area contributed by atoms with E-state index in [2.05, 4.69) is 33.0 Å². The van der Waals surface area contributed by atoms with Gasteiger partial charge in [-0.15, -0.1) is 0 Å². The molecule has 0 aromatic rings. The van der Waals surface area contributed by atoms with Gasteiger partial charge in [-0.1, -0.05) is 34.6 Å². The fourth-order valence-electron chi connectivity index (χ4n) is 1.65. The second-order valence-electron chi connectivity index (χ2n) is 5.78. The van der Waals surface area contributed by atoms with E-state index in [4.69, 9.17) is 5.73 Å². The van der Waals surface area contributed by atoms with E-state index < -0.39 is 5.91 Å². The largest absolute Gasteiger partial charge is 0.368 e. The third-order valence-corrected chi connectivity index (χ3v) is 3.49. The minimum absolute atomic E-state index is 0.350. The molecule has 5 heteroatoms. The molecule has 2 amide bonds. The van der Waals surface area contributed by atoms with Crippen molar-refractivity contribution in [2.45, 2.75) is 66.5 Å². The summed E-state index contributed by atoms with van der Waals surface area (Å²) in [5.41, 5.74) is 5.42. The number of rotatable bonds is 3. The maximum absolute atomic E-state index is 10.6. The highest BCUT2D eigenvalue weighted by Crippen LogP contribution is 2.17. The van der Waals surface area contributed by atoms with Crippen LogP contribution in [-0.4, -0.2) is 42.9 Å². The molecule has 5 nitrogen and oxygen atoms in total. The highest BCUT2D eigenvalue weighted by Gasteiger charge is 2.27. The third-order valence-electron chi connectivity index (χ3n) is 3.49. The lowest BCUT2D eigenvalue weighted by Gasteiger charge is -2.26. The maximum atomic E-state index is 10.6. The Hall–Kier alpha value is -1.10. The molecule has 1 heterocycles. The molecule has 0 saturated carbocycles. The average Bonchev–Trinajstić information content (AvgIpc) is 2.88. The van der Waals surface area contributed by atoms with E-state index in [1.54, 1.807) is 0 Å². The van der Waals surface area contributed by atoms with E-state index in [0.29, 0.717) is 30.8 Å². The SMILES string of the molecule is CC.CNC(C)C(C)(C)C.NC(=O)C1CCCN1C=O. The lowest BCUT2D eigenvalue weighted by molar-refractivity contribution is -0.128. The first-order chi connectivity index (χ1) is 9.23. The number of carbonyl (C=O) groups excluding carboxylic acids is 2. The molecule has 2 atom stereocenters. The van der Waals surface area contributed by atoms with E-state index in [-0.39, 0.29) is 6.04 Å². The molecule has 0 radical (unpaired) electrons. The predicted molar refractivity (Wildman–Crippen MR) is 84.3 cm³/mol. The molecule has 0 spiro atoms. The lowest BCUT2D eigenvalue weighted by Crippen LogP contribution is -2.39. The first kappa shape index (κ1) is 21.2. The Morgan fingerprint density at radius 1 is 1.40 bits per heavy atom. The molecule has 0 aromatic heterocycles. The smallest absolute Gasteiger partial charge is 0.240 e. The average molecular weight is 287 g/mol. The predicted octanol–water partition coefficient (Wildman–Crippen LogP) is 1.76. The zero-order valence-electron chi connectivity index (χ0n) is 14.2. The van der Waals surface area contributed by atoms with Gasteiger partial charge < -0.3 is 16.0 Å². The van der Waals surface area contributed by atoms with Crippen molar-refractivity contribution < 1.29 is 9.59 Å². The van der Waals surface area contributed by atoms with Gasteiger partial charge in [0.05, 0.1) is 0 Å². The van der Waals surface area contributed by atoms with Crippen molar-refractivity contribution in [1.82, 2.24) is 10.2 Å². The normalized spacial score (nSPS) is 19.1. The van der Waals surface area contributed by atoms with Gasteiger partial charge in [0, 0.05) is 12.6 Å². The highest BCUT2D eigenvalue weighted by atomic mass is 16.2. The Balaban J connectivity index is 0. The Bertz CT molecular complexity index is 275. The summed E-state index contributed by atoms with van der Waals surface area (Å²) < 4.78 is 0. The molecule has 0 aliphatic carbocycles. The van der Waals surface area contributed by atoms with E-state index in [1.807, 2.05) is 20.9 Å². The molecule has 120 valence electrons. The lowest BCUT2D eigenvalue weighted by atomic mass is 9.88. The molecule has 1 saturated heterocycles. The number of carbonyl (C=O) groups is 2. The van der Waals surface area contributed by atoms with Crippen LogP contribution in [-0.2, 0) is 9.59 Å². The van der Waals surface area contributed by atoms with Crippen LogP contribution >= 0.6 is 0 Å². The van der Waals surface area contributed by atoms with Crippen LogP contribution in [0.5, 0.6) is 0 Å². The van der Waals surface area contributed by atoms with Crippen molar-refractivity contribution in [1.29, 1.82) is 0 Å². The van der Waals surface area contributed by atoms with Gasteiger partial charge in [0.15, 0.2) is 0 Å². The molecule has 1 aliphatic rings. The van der Waals surface area contributed by atoms with Gasteiger partial charge in [-0.25, -0.2) is 0 Å². The maximum Gasteiger partial charge on any atom is 0.240 e. The summed E-state index contributed by atoms with van der Waals surface area (Å²) in [5, 5.41) is 3.20. The number of hydrogen-bond donors (Lipinski definition) is 2. The van der Waals surface area contributed by atoms with Crippen LogP contribution in [0, 0.1) is 5.41 Å². The number of primary amides is 1. The van der Waals surface area contributed by atoms with Gasteiger partial charge in [0.25, 0.3) is 0 Å². The van der Waals surface area contributed by atoms with Crippen LogP contribution in [0.2, 0.25) is 0 Å². The van der Waals surface area contributed by atoms with Gasteiger partial charge >= 0.3 is 0 Å². The molecule has 20 heavy (non-hydrogen) atoms. The van der Waals surface area contributed by atoms with Crippen LogP contribution < -0.4 is 11.1 Å². The first-order valence-corrected chi connectivity index (χ1v) is 7.41. The Morgan fingerprint density at radius 3 is 2.10 bits per heavy atom. The number of nitrogens with one attached hydrogen (secondary N) is 1. The third kappa shape index (κ3) is 8.15. The fraction of sp³-hybridized carbons (Fsp3) is 0.867. The summed E-state index contributed by atoms with van der Waals surface area (Å²) in [6.07, 6.45) is 2.28. The molecule has 1 fully saturated rings. The van der Waals surface area contributed by atoms with Crippen molar-refractivity contribution in [2.24, 2.45) is 11.1 Å². The minimum atomic E-state index is -0.399. The molecular weight excluding hydrogens is 254 g/mol. The van der Waals surface area contributed by atoms with Crippen molar-refractivity contribution >= 4 is 12.3 Å². The van der Waals surface area contributed by atoms with Crippen LogP contribution in [0.15, 0.2) is 0 Å². The van der Waals surface area contributed by atoms with E-state index in [9.17, 15) is 9.59 Å². The summed E-state index contributed by atoms with van der Waals surface area (Å²) in [4.78, 5) is 22.3. The van der Waals surface area contributed by atoms with Crippen molar-refractivity contribution in [3.8, 4) is 0 Å². The van der Waals surface area contributed by atoms with Crippen LogP contribution in [0.25, 0.3) is 0 Å². The van der Waals surface area contributed by atoms with Gasteiger partial charge in [-0.05, 0) is 32.2 Å². The monoisotopic (exact) mass is 287 g/mol. The molecule has 3 N–H and O–H groups in total. The fourth-order valence-corrected chi connectivity index (χ4v) is 1.65. The number of amides is 2. The zero-order valence-corrected chi connectivity index (χ0v) is 14.2. The van der Waals surface area contributed by atoms with Gasteiger partial charge in [0.2, 0.25) is 12.3 Å². The first-order valence-electron chi connectivity index (χ1n) is 7.41. The Morgan fingerprint density at radius 2 is 1.90 bits per heavy atom. The zero-order chi connectivity index (χ0) is 16.3. The van der Waals surface area contributed by atoms with Crippen molar-refractivity contribution in [3.05, 3.63) is 0 Å². The second-order valence-corrected chi connectivity index (χ2v) is 5.78. The van der Waals surface area contributed by atoms with Crippen molar-refractivity contribution in [3.63, 3.8) is 0 Å². The minimum Gasteiger partial charge on any atom is -0.368 e. The number of hydrogen-bond acceptors (Lipinski definition) is 3. The van der Waals surface area contributed by atoms with Crippen LogP contribution in [0.3, 0.4) is 0 Å². The number of nitrogens with zero attached hydrogens (tertiary/aromatic N) is 1. The Labute approximate surface area is 124 Å². The summed E-state index contributed by atoms with van der Waals surface area (Å²) in [7, 11) is 2.00. The number of nitrogens with two attached hydrogens (primary N) is 1. The van der Waals surface area contributed by atoms with Crippen molar-refractivity contribution in [2.75, 3.05) is 13.6 Å².